The highest BCUT2D eigenvalue weighted by Gasteiger charge is 2.45. The number of halogens is 1. The first-order valence-electron chi connectivity index (χ1n) is 32.2. The fourth-order valence-electron chi connectivity index (χ4n) is 11.3. The summed E-state index contributed by atoms with van der Waals surface area (Å²) in [7, 11) is -3.54. The summed E-state index contributed by atoms with van der Waals surface area (Å²) >= 11 is 6.64. The average Bonchev–Trinajstić information content (AvgIpc) is 1.63. The second-order valence-corrected chi connectivity index (χ2v) is 27.7. The zero-order chi connectivity index (χ0) is 72.1. The fourth-order valence-corrected chi connectivity index (χ4v) is 13.5. The highest BCUT2D eigenvalue weighted by atomic mass is 35.5. The molecule has 8 aromatic rings. The number of nitrogens with one attached hydrogen (secondary N) is 3. The molecule has 6 aromatic carbocycles. The molecule has 2 aliphatic rings. The molecule has 0 saturated carbocycles. The van der Waals surface area contributed by atoms with Crippen LogP contribution in [0.25, 0.3) is 21.7 Å². The first kappa shape index (κ1) is 74.8. The number of ketones is 1. The van der Waals surface area contributed by atoms with Gasteiger partial charge in [-0.1, -0.05) is 53.2 Å². The van der Waals surface area contributed by atoms with E-state index in [1.54, 1.807) is 53.3 Å². The Kier molecular flexibility index (Phi) is 25.0. The summed E-state index contributed by atoms with van der Waals surface area (Å²) in [6.07, 6.45) is -7.33. The minimum absolute atomic E-state index is 0.0119. The monoisotopic (exact) mass is 1450 g/mol. The van der Waals surface area contributed by atoms with Crippen molar-refractivity contribution in [3.05, 3.63) is 160 Å². The molecular weight excluding hydrogens is 1380 g/mol. The summed E-state index contributed by atoms with van der Waals surface area (Å²) in [6.45, 7) is 5.58. The van der Waals surface area contributed by atoms with Crippen LogP contribution in [0.2, 0.25) is 0 Å². The molecule has 3 amide bonds. The van der Waals surface area contributed by atoms with E-state index >= 15 is 0 Å². The number of hydrogen-bond donors (Lipinski definition) is 7. The number of anilines is 1. The van der Waals surface area contributed by atoms with Crippen LogP contribution in [0.5, 0.6) is 28.7 Å². The molecule has 4 heterocycles. The summed E-state index contributed by atoms with van der Waals surface area (Å²) in [5, 5.41) is 57.0. The summed E-state index contributed by atoms with van der Waals surface area (Å²) in [4.78, 5) is 60.8. The van der Waals surface area contributed by atoms with Crippen LogP contribution in [0.4, 0.5) is 5.69 Å². The Morgan fingerprint density at radius 3 is 2.15 bits per heavy atom. The van der Waals surface area contributed by atoms with E-state index in [9.17, 15) is 56.4 Å². The number of sulfone groups is 1. The van der Waals surface area contributed by atoms with Gasteiger partial charge in [0.05, 0.1) is 89.0 Å². The number of Topliss-reactive ketones (excluding diaryl/α,β-unsaturated/α-hetero) is 1. The number of methoxy groups -OCH3 is 1. The number of fused-ring (bicyclic) bond motifs is 4. The average molecular weight is 1460 g/mol. The van der Waals surface area contributed by atoms with Gasteiger partial charge in [0.1, 0.15) is 42.4 Å². The molecule has 0 radical (unpaired) electrons. The number of aliphatic hydroxyl groups is 4. The van der Waals surface area contributed by atoms with Gasteiger partial charge in [-0.25, -0.2) is 13.1 Å². The number of aryl methyl sites for hydroxylation is 2. The van der Waals surface area contributed by atoms with Crippen LogP contribution in [0.1, 0.15) is 76.3 Å². The summed E-state index contributed by atoms with van der Waals surface area (Å²) < 4.78 is 107. The van der Waals surface area contributed by atoms with Crippen molar-refractivity contribution in [3.63, 3.8) is 0 Å². The van der Waals surface area contributed by atoms with Gasteiger partial charge in [0.2, 0.25) is 6.29 Å². The van der Waals surface area contributed by atoms with Crippen molar-refractivity contribution in [3.8, 4) is 28.7 Å². The van der Waals surface area contributed by atoms with Crippen LogP contribution in [0.3, 0.4) is 0 Å². The van der Waals surface area contributed by atoms with Crippen molar-refractivity contribution in [2.24, 2.45) is 0 Å². The van der Waals surface area contributed by atoms with Gasteiger partial charge in [-0.05, 0) is 99.1 Å². The molecule has 0 aliphatic carbocycles. The lowest BCUT2D eigenvalue weighted by Gasteiger charge is -2.39. The van der Waals surface area contributed by atoms with Crippen molar-refractivity contribution in [1.29, 1.82) is 0 Å². The third kappa shape index (κ3) is 18.6. The van der Waals surface area contributed by atoms with Crippen molar-refractivity contribution in [2.75, 3.05) is 110 Å². The molecule has 0 bridgehead atoms. The molecule has 2 aliphatic heterocycles. The van der Waals surface area contributed by atoms with E-state index in [4.69, 9.17) is 53.1 Å². The number of nitrogens with zero attached hydrogens (tertiary/aromatic N) is 5. The number of aromatic amines is 1. The zero-order valence-corrected chi connectivity index (χ0v) is 58.3. The molecule has 1 saturated heterocycles. The Labute approximate surface area is 587 Å². The molecule has 1 fully saturated rings. The Balaban J connectivity index is 0.704. The molecular formula is C69H79ClN8O21S2. The number of aliphatic hydroxyl groups excluding tert-OH is 4. The second-order valence-electron chi connectivity index (χ2n) is 24.2. The number of amides is 3. The first-order chi connectivity index (χ1) is 48.4. The largest absolute Gasteiger partial charge is 0.501 e. The maximum absolute atomic E-state index is 14.7. The number of likely N-dealkylation sites (N-methyl/N-ethyl adjacent to an activating group) is 1. The van der Waals surface area contributed by atoms with E-state index in [-0.39, 0.29) is 111 Å². The predicted octanol–water partition coefficient (Wildman–Crippen LogP) is 4.80. The summed E-state index contributed by atoms with van der Waals surface area (Å²) in [6, 6.07) is 27.6. The molecule has 0 unspecified atom stereocenters. The van der Waals surface area contributed by atoms with Gasteiger partial charge in [-0.2, -0.15) is 0 Å². The molecule has 10 rings (SSSR count). The van der Waals surface area contributed by atoms with Gasteiger partial charge in [0, 0.05) is 83.0 Å². The van der Waals surface area contributed by atoms with Crippen LogP contribution < -0.4 is 38.1 Å². The van der Waals surface area contributed by atoms with Gasteiger partial charge in [-0.3, -0.25) is 19.2 Å². The normalized spacial score (nSPS) is 17.6. The number of H-pyrrole nitrogens is 1. The SMILES string of the molecule is COc1cc2[nH]c(C(=O)N3C[C@@H](CCl)c4c3cc(OS(=O)(=O)Oc3cc(C(=O)NCCOCCOCCOCCn5cc(CNC(=O)c6ccc(C(=O)CCS(=O)(=O)c7ccc(C)cc7)cc6)nn5)ccc3O[C@@H]3O[C@H](CO)[C@H](O)[C@H](O)[C@H]3O)c3cccc(C)c43)cc2cc1OCCN(C)C. The van der Waals surface area contributed by atoms with E-state index in [0.29, 0.717) is 80.9 Å². The molecule has 540 valence electrons. The Hall–Kier alpha value is -8.83. The molecule has 29 nitrogen and oxygen atoms in total. The van der Waals surface area contributed by atoms with Gasteiger partial charge in [-0.15, -0.1) is 25.1 Å². The van der Waals surface area contributed by atoms with Crippen LogP contribution in [-0.4, -0.2) is 222 Å². The number of rotatable bonds is 35. The van der Waals surface area contributed by atoms with Gasteiger partial charge in [0.15, 0.2) is 44.4 Å². The minimum atomic E-state index is -5.26. The quantitative estimate of drug-likeness (QED) is 0.0159. The van der Waals surface area contributed by atoms with Crippen LogP contribution >= 0.6 is 11.6 Å². The molecule has 32 heteroatoms. The van der Waals surface area contributed by atoms with E-state index in [2.05, 4.69) is 25.9 Å². The molecule has 7 N–H and O–H groups in total. The van der Waals surface area contributed by atoms with E-state index in [1.807, 2.05) is 38.9 Å². The van der Waals surface area contributed by atoms with Crippen LogP contribution in [0.15, 0.2) is 120 Å². The number of aromatic nitrogens is 4. The smallest absolute Gasteiger partial charge is 0.493 e. The predicted molar refractivity (Wildman–Crippen MR) is 368 cm³/mol. The number of hydrogen-bond acceptors (Lipinski definition) is 24. The van der Waals surface area contributed by atoms with Crippen molar-refractivity contribution >= 4 is 82.7 Å². The van der Waals surface area contributed by atoms with E-state index in [1.165, 1.54) is 60.5 Å². The standard InChI is InChI=1S/C69H79ClN8O21S2/c1-41-9-16-49(17-10-41)100(87,88)30-19-54(80)43-11-13-44(14-12-43)66(84)72-37-48-39-77(75-74-48)22-24-93-27-29-94-28-26-92-23-20-71-67(85)45-15-18-55(96-69-65(83)64(82)63(81)60(40-79)97-69)59(32-45)99-101(89,90)98-56-35-53-62(61-42(2)7-6-8-50(56)61)47(36-70)38-78(53)68(86)52-31-46-33-58(95-25-21-76(3)4)57(91-5)34-51(46)73-52/h6-18,31-35,39,47,60,63-65,69,73,79,81-83H,19-30,36-38,40H2,1-5H3,(H,71,85)(H,72,84)/t47-,60-,63+,64+,65-,69-/m1/s1. The van der Waals surface area contributed by atoms with Crippen molar-refractivity contribution < 1.29 is 98.0 Å². The second kappa shape index (κ2) is 33.8. The third-order valence-corrected chi connectivity index (χ3v) is 19.6. The fraction of sp³-hybridized carbons (Fsp3) is 0.391. The Morgan fingerprint density at radius 2 is 1.44 bits per heavy atom. The lowest BCUT2D eigenvalue weighted by Crippen LogP contribution is -2.60. The number of carbonyl (C=O) groups is 4. The number of carbonyl (C=O) groups excluding carboxylic acids is 4. The van der Waals surface area contributed by atoms with Crippen molar-refractivity contribution in [2.45, 2.75) is 74.9 Å². The lowest BCUT2D eigenvalue weighted by atomic mass is 9.92. The zero-order valence-electron chi connectivity index (χ0n) is 55.9. The summed E-state index contributed by atoms with van der Waals surface area (Å²) in [5.41, 5.74) is 4.36. The topological polar surface area (TPSA) is 378 Å². The maximum Gasteiger partial charge on any atom is 0.501 e. The summed E-state index contributed by atoms with van der Waals surface area (Å²) in [5.74, 6) is -2.99. The number of alkyl halides is 1. The number of ether oxygens (including phenoxy) is 7. The van der Waals surface area contributed by atoms with E-state index in [0.717, 1.165) is 17.7 Å². The minimum Gasteiger partial charge on any atom is -0.493 e. The first-order valence-corrected chi connectivity index (χ1v) is 35.8. The highest BCUT2D eigenvalue weighted by molar-refractivity contribution is 7.91. The van der Waals surface area contributed by atoms with Crippen molar-refractivity contribution in [1.82, 2.24) is 35.5 Å². The van der Waals surface area contributed by atoms with E-state index < -0.39 is 92.7 Å². The van der Waals surface area contributed by atoms with Crippen LogP contribution in [0, 0.1) is 13.8 Å². The van der Waals surface area contributed by atoms with Gasteiger partial charge in [0.25, 0.3) is 17.7 Å². The molecule has 6 atom stereocenters. The molecule has 0 spiro atoms. The highest BCUT2D eigenvalue weighted by Crippen LogP contribution is 2.48. The van der Waals surface area contributed by atoms with Gasteiger partial charge >= 0.3 is 10.4 Å². The molecule has 101 heavy (non-hydrogen) atoms. The Bertz CT molecular complexity index is 4480. The molecule has 2 aromatic heterocycles. The van der Waals surface area contributed by atoms with Gasteiger partial charge < -0.3 is 87.4 Å². The Morgan fingerprint density at radius 1 is 0.743 bits per heavy atom. The van der Waals surface area contributed by atoms with Crippen LogP contribution in [-0.2, 0) is 52.3 Å². The maximum atomic E-state index is 14.7. The number of benzene rings is 6. The third-order valence-electron chi connectivity index (χ3n) is 16.7. The lowest BCUT2D eigenvalue weighted by molar-refractivity contribution is -0.277.